The maximum atomic E-state index is 2.34. The lowest BCUT2D eigenvalue weighted by atomic mass is 9.96. The van der Waals surface area contributed by atoms with Crippen LogP contribution >= 0.6 is 0 Å². The minimum atomic E-state index is 0. The Labute approximate surface area is 278 Å². The first-order valence-corrected chi connectivity index (χ1v) is 15.8. The summed E-state index contributed by atoms with van der Waals surface area (Å²) in [5.74, 6) is 0. The second-order valence-corrected chi connectivity index (χ2v) is 11.7. The smallest absolute Gasteiger partial charge is 0.254 e. The third kappa shape index (κ3) is 7.20. The van der Waals surface area contributed by atoms with Gasteiger partial charge in [0.1, 0.15) is 23.8 Å². The van der Waals surface area contributed by atoms with E-state index in [1.165, 1.54) is 55.9 Å². The molecule has 7 aromatic rings. The van der Waals surface area contributed by atoms with Crippen molar-refractivity contribution in [1.82, 2.24) is 4.57 Å². The Bertz CT molecular complexity index is 1720. The molecule has 0 aliphatic heterocycles. The van der Waals surface area contributed by atoms with E-state index in [0.717, 1.165) is 25.7 Å². The number of aromatic nitrogens is 2. The van der Waals surface area contributed by atoms with Crippen molar-refractivity contribution < 1.29 is 17.0 Å². The van der Waals surface area contributed by atoms with Gasteiger partial charge in [0.2, 0.25) is 0 Å². The second-order valence-electron chi connectivity index (χ2n) is 11.7. The molecule has 0 saturated heterocycles. The lowest BCUT2D eigenvalue weighted by Gasteiger charge is -2.14. The van der Waals surface area contributed by atoms with Crippen LogP contribution in [0.4, 0.5) is 0 Å². The van der Waals surface area contributed by atoms with Crippen molar-refractivity contribution in [2.45, 2.75) is 25.7 Å². The molecule has 0 aliphatic rings. The maximum Gasteiger partial charge on any atom is 0.254 e. The molecule has 226 valence electrons. The maximum absolute atomic E-state index is 2.34. The molecule has 6 aromatic carbocycles. The highest BCUT2D eigenvalue weighted by Crippen LogP contribution is 2.27. The Morgan fingerprint density at radius 3 is 1.13 bits per heavy atom. The van der Waals surface area contributed by atoms with E-state index in [2.05, 4.69) is 186 Å². The fourth-order valence-corrected chi connectivity index (χ4v) is 6.41. The van der Waals surface area contributed by atoms with E-state index in [1.807, 2.05) is 0 Å². The number of nitrogens with zero attached hydrogens (tertiary/aromatic N) is 2. The zero-order chi connectivity index (χ0) is 30.3. The van der Waals surface area contributed by atoms with Crippen LogP contribution in [-0.4, -0.2) is 4.57 Å². The van der Waals surface area contributed by atoms with Crippen LogP contribution in [0.2, 0.25) is 0 Å². The van der Waals surface area contributed by atoms with Gasteiger partial charge in [0.15, 0.2) is 0 Å². The molecule has 0 radical (unpaired) electrons. The highest BCUT2D eigenvalue weighted by molar-refractivity contribution is 5.52. The van der Waals surface area contributed by atoms with Crippen molar-refractivity contribution >= 4 is 0 Å². The Balaban J connectivity index is 0.00000372. The van der Waals surface area contributed by atoms with E-state index < -0.39 is 0 Å². The number of rotatable bonds is 10. The van der Waals surface area contributed by atoms with Crippen LogP contribution in [0, 0.1) is 0 Å². The van der Waals surface area contributed by atoms with Gasteiger partial charge in [-0.15, -0.1) is 0 Å². The molecule has 0 bridgehead atoms. The number of imidazole rings is 1. The lowest BCUT2D eigenvalue weighted by molar-refractivity contribution is -0.595. The first-order chi connectivity index (χ1) is 22.3. The molecule has 7 rings (SSSR count). The van der Waals surface area contributed by atoms with E-state index in [4.69, 9.17) is 0 Å². The summed E-state index contributed by atoms with van der Waals surface area (Å²) in [6, 6.07) is 56.7. The molecular weight excluding hydrogens is 580 g/mol. The molecule has 0 atom stereocenters. The van der Waals surface area contributed by atoms with Crippen molar-refractivity contribution in [2.24, 2.45) is 0 Å². The lowest BCUT2D eigenvalue weighted by Crippen LogP contribution is -3.00. The number of hydrogen-bond donors (Lipinski definition) is 0. The van der Waals surface area contributed by atoms with E-state index >= 15 is 0 Å². The monoisotopic (exact) mass is 616 g/mol. The van der Waals surface area contributed by atoms with Gasteiger partial charge in [0.05, 0.1) is 0 Å². The van der Waals surface area contributed by atoms with Crippen LogP contribution in [0.3, 0.4) is 0 Å². The van der Waals surface area contributed by atoms with Crippen molar-refractivity contribution in [2.75, 3.05) is 0 Å². The van der Waals surface area contributed by atoms with Crippen molar-refractivity contribution in [3.05, 3.63) is 221 Å². The van der Waals surface area contributed by atoms with Gasteiger partial charge in [0.25, 0.3) is 6.33 Å². The summed E-state index contributed by atoms with van der Waals surface area (Å²) in [7, 11) is 0. The molecule has 3 heteroatoms. The van der Waals surface area contributed by atoms with Crippen LogP contribution in [0.25, 0.3) is 11.4 Å². The summed E-state index contributed by atoms with van der Waals surface area (Å²) in [6.45, 7) is 0. The molecule has 0 fully saturated rings. The first kappa shape index (κ1) is 30.8. The topological polar surface area (TPSA) is 8.81 Å². The van der Waals surface area contributed by atoms with Gasteiger partial charge in [-0.3, -0.25) is 0 Å². The molecular formula is C43H37ClN2. The minimum Gasteiger partial charge on any atom is -1.00 e. The summed E-state index contributed by atoms with van der Waals surface area (Å²) in [6.07, 6.45) is 10.2. The highest BCUT2D eigenvalue weighted by Gasteiger charge is 2.21. The quantitative estimate of drug-likeness (QED) is 0.164. The van der Waals surface area contributed by atoms with Crippen LogP contribution in [0.5, 0.6) is 0 Å². The average molecular weight is 617 g/mol. The second kappa shape index (κ2) is 14.7. The number of hydrogen-bond acceptors (Lipinski definition) is 0. The molecule has 0 spiro atoms. The van der Waals surface area contributed by atoms with Gasteiger partial charge < -0.3 is 12.4 Å². The predicted molar refractivity (Wildman–Crippen MR) is 184 cm³/mol. The van der Waals surface area contributed by atoms with Crippen molar-refractivity contribution in [1.29, 1.82) is 0 Å². The van der Waals surface area contributed by atoms with Crippen LogP contribution in [-0.2, 0) is 25.7 Å². The standard InChI is InChI=1S/C43H37N2.ClH/c1-5-15-34(16-6-1)29-38-23-13-24-39(30-35-17-7-2-8-18-35)42(38)44-27-28-45(33-44)43-40(31-36-19-9-3-10-20-36)25-14-26-41(43)32-37-21-11-4-12-22-37;/h1-28,33H,29-32H2;1H/q+1;/p-1. The summed E-state index contributed by atoms with van der Waals surface area (Å²) in [5.41, 5.74) is 13.0. The largest absolute Gasteiger partial charge is 1.00 e. The molecule has 0 saturated carbocycles. The molecule has 0 unspecified atom stereocenters. The number of para-hydroxylation sites is 2. The first-order valence-electron chi connectivity index (χ1n) is 15.8. The summed E-state index contributed by atoms with van der Waals surface area (Å²) < 4.78 is 4.67. The van der Waals surface area contributed by atoms with Crippen LogP contribution < -0.4 is 17.0 Å². The molecule has 0 aliphatic carbocycles. The fourth-order valence-electron chi connectivity index (χ4n) is 6.41. The van der Waals surface area contributed by atoms with Gasteiger partial charge in [-0.1, -0.05) is 158 Å². The van der Waals surface area contributed by atoms with Crippen molar-refractivity contribution in [3.8, 4) is 11.4 Å². The molecule has 46 heavy (non-hydrogen) atoms. The van der Waals surface area contributed by atoms with E-state index in [-0.39, 0.29) is 12.4 Å². The SMILES string of the molecule is [Cl-].c1ccc(Cc2cccc(Cc3ccccc3)c2-n2cc[n+](-c3c(Cc4ccccc4)cccc3Cc3ccccc3)c2)cc1. The van der Waals surface area contributed by atoms with Crippen molar-refractivity contribution in [3.63, 3.8) is 0 Å². The van der Waals surface area contributed by atoms with Crippen LogP contribution in [0.15, 0.2) is 176 Å². The zero-order valence-electron chi connectivity index (χ0n) is 25.8. The Kier molecular flexibility index (Phi) is 9.87. The highest BCUT2D eigenvalue weighted by atomic mass is 35.5. The van der Waals surface area contributed by atoms with Gasteiger partial charge in [-0.2, -0.15) is 0 Å². The summed E-state index contributed by atoms with van der Waals surface area (Å²) >= 11 is 0. The zero-order valence-corrected chi connectivity index (χ0v) is 26.6. The predicted octanol–water partition coefficient (Wildman–Crippen LogP) is 6.12. The van der Waals surface area contributed by atoms with Gasteiger partial charge in [0, 0.05) is 47.9 Å². The number of halogens is 1. The molecule has 0 amide bonds. The van der Waals surface area contributed by atoms with Gasteiger partial charge >= 0.3 is 0 Å². The van der Waals surface area contributed by atoms with Gasteiger partial charge in [-0.25, -0.2) is 9.13 Å². The summed E-state index contributed by atoms with van der Waals surface area (Å²) in [5, 5.41) is 0. The Hall–Kier alpha value is -5.18. The Morgan fingerprint density at radius 1 is 0.391 bits per heavy atom. The molecule has 2 nitrogen and oxygen atoms in total. The molecule has 1 aromatic heterocycles. The molecule has 1 heterocycles. The minimum absolute atomic E-state index is 0. The third-order valence-electron chi connectivity index (χ3n) is 8.51. The fraction of sp³-hybridized carbons (Fsp3) is 0.0930. The summed E-state index contributed by atoms with van der Waals surface area (Å²) in [4.78, 5) is 0. The van der Waals surface area contributed by atoms with Gasteiger partial charge in [-0.05, 0) is 22.3 Å². The van der Waals surface area contributed by atoms with E-state index in [9.17, 15) is 0 Å². The third-order valence-corrected chi connectivity index (χ3v) is 8.51. The van der Waals surface area contributed by atoms with E-state index in [1.54, 1.807) is 0 Å². The van der Waals surface area contributed by atoms with E-state index in [0.29, 0.717) is 0 Å². The Morgan fingerprint density at radius 2 is 0.739 bits per heavy atom. The van der Waals surface area contributed by atoms with Crippen LogP contribution in [0.1, 0.15) is 44.5 Å². The normalized spacial score (nSPS) is 10.8. The number of benzene rings is 6. The average Bonchev–Trinajstić information content (AvgIpc) is 3.56. The molecule has 0 N–H and O–H groups in total.